The minimum absolute atomic E-state index is 0.196. The van der Waals surface area contributed by atoms with Crippen molar-refractivity contribution in [2.45, 2.75) is 58.8 Å². The molecule has 0 heterocycles. The van der Waals surface area contributed by atoms with Crippen molar-refractivity contribution >= 4 is 5.91 Å². The molecule has 1 fully saturated rings. The lowest BCUT2D eigenvalue weighted by molar-refractivity contribution is -0.131. The largest absolute Gasteiger partial charge is 0.355 e. The van der Waals surface area contributed by atoms with Crippen molar-refractivity contribution in [1.29, 1.82) is 0 Å². The zero-order valence-corrected chi connectivity index (χ0v) is 11.4. The van der Waals surface area contributed by atoms with Gasteiger partial charge in [-0.2, -0.15) is 0 Å². The minimum atomic E-state index is -0.274. The molecule has 1 atom stereocenters. The number of carbonyl (C=O) groups is 1. The molecule has 3 heteroatoms. The number of carbonyl (C=O) groups excluding carboxylic acids is 1. The van der Waals surface area contributed by atoms with E-state index in [0.717, 1.165) is 38.6 Å². The molecule has 0 bridgehead atoms. The van der Waals surface area contributed by atoms with Crippen molar-refractivity contribution in [1.82, 2.24) is 5.32 Å². The van der Waals surface area contributed by atoms with Gasteiger partial charge in [-0.25, -0.2) is 0 Å². The van der Waals surface area contributed by atoms with Crippen molar-refractivity contribution in [3.63, 3.8) is 0 Å². The van der Waals surface area contributed by atoms with Crippen LogP contribution in [-0.4, -0.2) is 19.0 Å². The second kappa shape index (κ2) is 7.00. The maximum atomic E-state index is 12.3. The highest BCUT2D eigenvalue weighted by Gasteiger charge is 2.36. The molecule has 1 unspecified atom stereocenters. The Hall–Kier alpha value is -0.570. The van der Waals surface area contributed by atoms with E-state index in [4.69, 9.17) is 5.73 Å². The van der Waals surface area contributed by atoms with Crippen LogP contribution in [-0.2, 0) is 4.79 Å². The fourth-order valence-corrected chi connectivity index (χ4v) is 2.53. The summed E-state index contributed by atoms with van der Waals surface area (Å²) in [4.78, 5) is 12.3. The molecule has 0 aromatic carbocycles. The molecule has 0 aliphatic heterocycles. The van der Waals surface area contributed by atoms with Crippen LogP contribution < -0.4 is 11.1 Å². The van der Waals surface area contributed by atoms with Crippen LogP contribution in [0.1, 0.15) is 58.8 Å². The van der Waals surface area contributed by atoms with E-state index in [0.29, 0.717) is 12.5 Å². The Labute approximate surface area is 106 Å². The van der Waals surface area contributed by atoms with Crippen LogP contribution in [0.15, 0.2) is 0 Å². The Morgan fingerprint density at radius 3 is 2.35 bits per heavy atom. The Kier molecular flexibility index (Phi) is 5.96. The average molecular weight is 240 g/mol. The van der Waals surface area contributed by atoms with Crippen molar-refractivity contribution in [2.75, 3.05) is 13.1 Å². The number of amides is 1. The highest BCUT2D eigenvalue weighted by molar-refractivity contribution is 5.82. The third-order valence-corrected chi connectivity index (χ3v) is 4.24. The van der Waals surface area contributed by atoms with Gasteiger partial charge < -0.3 is 11.1 Å². The average Bonchev–Trinajstić information content (AvgIpc) is 2.61. The van der Waals surface area contributed by atoms with Crippen LogP contribution in [0.25, 0.3) is 0 Å². The van der Waals surface area contributed by atoms with Crippen LogP contribution in [0.3, 0.4) is 0 Å². The maximum Gasteiger partial charge on any atom is 0.227 e. The van der Waals surface area contributed by atoms with Crippen LogP contribution in [0.2, 0.25) is 0 Å². The van der Waals surface area contributed by atoms with Gasteiger partial charge in [0, 0.05) is 13.1 Å². The molecule has 1 aliphatic rings. The minimum Gasteiger partial charge on any atom is -0.355 e. The van der Waals surface area contributed by atoms with E-state index in [1.54, 1.807) is 0 Å². The lowest BCUT2D eigenvalue weighted by atomic mass is 9.79. The molecule has 3 N–H and O–H groups in total. The molecule has 100 valence electrons. The van der Waals surface area contributed by atoms with Gasteiger partial charge in [-0.05, 0) is 18.8 Å². The topological polar surface area (TPSA) is 55.1 Å². The van der Waals surface area contributed by atoms with Crippen LogP contribution >= 0.6 is 0 Å². The van der Waals surface area contributed by atoms with E-state index in [1.165, 1.54) is 12.8 Å². The summed E-state index contributed by atoms with van der Waals surface area (Å²) >= 11 is 0. The fourth-order valence-electron chi connectivity index (χ4n) is 2.53. The van der Waals surface area contributed by atoms with Crippen molar-refractivity contribution in [3.8, 4) is 0 Å². The van der Waals surface area contributed by atoms with Crippen LogP contribution in [0, 0.1) is 11.3 Å². The molecule has 3 nitrogen and oxygen atoms in total. The van der Waals surface area contributed by atoms with E-state index in [9.17, 15) is 4.79 Å². The SMILES string of the molecule is CCC(C)CNC(=O)C1(CN)CCCCCC1. The quantitative estimate of drug-likeness (QED) is 0.725. The summed E-state index contributed by atoms with van der Waals surface area (Å²) in [5.41, 5.74) is 5.61. The van der Waals surface area contributed by atoms with Gasteiger partial charge in [-0.1, -0.05) is 46.0 Å². The molecule has 0 spiro atoms. The zero-order chi connectivity index (χ0) is 12.7. The Balaban J connectivity index is 2.55. The summed E-state index contributed by atoms with van der Waals surface area (Å²) in [6.07, 6.45) is 7.84. The molecular formula is C14H28N2O. The fraction of sp³-hybridized carbons (Fsp3) is 0.929. The van der Waals surface area contributed by atoms with Gasteiger partial charge in [0.05, 0.1) is 5.41 Å². The van der Waals surface area contributed by atoms with Gasteiger partial charge in [-0.15, -0.1) is 0 Å². The van der Waals surface area contributed by atoms with Gasteiger partial charge in [0.25, 0.3) is 0 Å². The summed E-state index contributed by atoms with van der Waals surface area (Å²) in [7, 11) is 0. The van der Waals surface area contributed by atoms with E-state index < -0.39 is 0 Å². The first-order chi connectivity index (χ1) is 8.14. The first-order valence-corrected chi connectivity index (χ1v) is 7.13. The molecule has 1 amide bonds. The van der Waals surface area contributed by atoms with E-state index in [-0.39, 0.29) is 11.3 Å². The van der Waals surface area contributed by atoms with Gasteiger partial charge in [0.2, 0.25) is 5.91 Å². The van der Waals surface area contributed by atoms with Crippen LogP contribution in [0.5, 0.6) is 0 Å². The van der Waals surface area contributed by atoms with Gasteiger partial charge in [-0.3, -0.25) is 4.79 Å². The number of rotatable bonds is 5. The summed E-state index contributed by atoms with van der Waals surface area (Å²) in [6, 6.07) is 0. The van der Waals surface area contributed by atoms with Gasteiger partial charge >= 0.3 is 0 Å². The summed E-state index contributed by atoms with van der Waals surface area (Å²) in [5, 5.41) is 3.10. The molecule has 0 aromatic heterocycles. The normalized spacial score (nSPS) is 21.6. The number of nitrogens with two attached hydrogens (primary N) is 1. The maximum absolute atomic E-state index is 12.3. The van der Waals surface area contributed by atoms with Gasteiger partial charge in [0.15, 0.2) is 0 Å². The second-order valence-corrected chi connectivity index (χ2v) is 5.62. The monoisotopic (exact) mass is 240 g/mol. The van der Waals surface area contributed by atoms with Crippen molar-refractivity contribution in [2.24, 2.45) is 17.1 Å². The first kappa shape index (κ1) is 14.5. The predicted molar refractivity (Wildman–Crippen MR) is 71.7 cm³/mol. The number of nitrogens with one attached hydrogen (secondary N) is 1. The third-order valence-electron chi connectivity index (χ3n) is 4.24. The van der Waals surface area contributed by atoms with E-state index in [1.807, 2.05) is 0 Å². The lowest BCUT2D eigenvalue weighted by Crippen LogP contribution is -2.46. The lowest BCUT2D eigenvalue weighted by Gasteiger charge is -2.30. The van der Waals surface area contributed by atoms with Crippen molar-refractivity contribution < 1.29 is 4.79 Å². The number of hydrogen-bond acceptors (Lipinski definition) is 2. The summed E-state index contributed by atoms with van der Waals surface area (Å²) in [6.45, 7) is 5.61. The summed E-state index contributed by atoms with van der Waals surface area (Å²) < 4.78 is 0. The Bertz CT molecular complexity index is 232. The smallest absolute Gasteiger partial charge is 0.227 e. The molecule has 1 saturated carbocycles. The van der Waals surface area contributed by atoms with E-state index >= 15 is 0 Å². The van der Waals surface area contributed by atoms with Gasteiger partial charge in [0.1, 0.15) is 0 Å². The summed E-state index contributed by atoms with van der Waals surface area (Å²) in [5.74, 6) is 0.752. The molecule has 1 aliphatic carbocycles. The number of hydrogen-bond donors (Lipinski definition) is 2. The third kappa shape index (κ3) is 3.98. The molecular weight excluding hydrogens is 212 g/mol. The second-order valence-electron chi connectivity index (χ2n) is 5.62. The van der Waals surface area contributed by atoms with Crippen LogP contribution in [0.4, 0.5) is 0 Å². The Morgan fingerprint density at radius 1 is 1.29 bits per heavy atom. The standard InChI is InChI=1S/C14H28N2O/c1-3-12(2)10-16-13(17)14(11-15)8-6-4-5-7-9-14/h12H,3-11,15H2,1-2H3,(H,16,17). The highest BCUT2D eigenvalue weighted by Crippen LogP contribution is 2.34. The van der Waals surface area contributed by atoms with E-state index in [2.05, 4.69) is 19.2 Å². The van der Waals surface area contributed by atoms with Crippen molar-refractivity contribution in [3.05, 3.63) is 0 Å². The Morgan fingerprint density at radius 2 is 1.88 bits per heavy atom. The predicted octanol–water partition coefficient (Wildman–Crippen LogP) is 2.45. The first-order valence-electron chi connectivity index (χ1n) is 7.13. The highest BCUT2D eigenvalue weighted by atomic mass is 16.2. The zero-order valence-electron chi connectivity index (χ0n) is 11.4. The molecule has 0 radical (unpaired) electrons. The molecule has 1 rings (SSSR count). The molecule has 0 aromatic rings. The molecule has 0 saturated heterocycles. The molecule has 17 heavy (non-hydrogen) atoms.